The van der Waals surface area contributed by atoms with E-state index in [0.29, 0.717) is 5.92 Å². The van der Waals surface area contributed by atoms with E-state index in [1.54, 1.807) is 0 Å². The molecule has 3 nitrogen and oxygen atoms in total. The minimum Gasteiger partial charge on any atom is -0.378 e. The summed E-state index contributed by atoms with van der Waals surface area (Å²) in [5, 5.41) is 4.27. The first-order valence-electron chi connectivity index (χ1n) is 7.47. The number of hydrogen-bond acceptors (Lipinski definition) is 3. The second kappa shape index (κ2) is 6.55. The van der Waals surface area contributed by atoms with Crippen LogP contribution in [0.25, 0.3) is 0 Å². The van der Waals surface area contributed by atoms with Crippen molar-refractivity contribution in [3.63, 3.8) is 0 Å². The fourth-order valence-corrected chi connectivity index (χ4v) is 4.40. The average molecular weight is 375 g/mol. The fourth-order valence-electron chi connectivity index (χ4n) is 3.61. The molecule has 3 rings (SSSR count). The number of rotatable bonds is 3. The van der Waals surface area contributed by atoms with Gasteiger partial charge in [0, 0.05) is 35.2 Å². The Hall–Kier alpha value is -0.130. The summed E-state index contributed by atoms with van der Waals surface area (Å²) in [7, 11) is 2.01. The van der Waals surface area contributed by atoms with E-state index >= 15 is 0 Å². The van der Waals surface area contributed by atoms with Gasteiger partial charge in [0.1, 0.15) is 0 Å². The molecule has 1 aromatic carbocycles. The van der Waals surface area contributed by atoms with Crippen molar-refractivity contribution in [3.05, 3.63) is 33.3 Å². The van der Waals surface area contributed by atoms with Crippen molar-refractivity contribution in [2.45, 2.75) is 30.9 Å². The first-order valence-corrected chi connectivity index (χ1v) is 8.64. The summed E-state index contributed by atoms with van der Waals surface area (Å²) in [6.07, 6.45) is 3.10. The van der Waals surface area contributed by atoms with Crippen LogP contribution >= 0.6 is 27.5 Å². The highest BCUT2D eigenvalue weighted by molar-refractivity contribution is 9.10. The van der Waals surface area contributed by atoms with Gasteiger partial charge >= 0.3 is 0 Å². The van der Waals surface area contributed by atoms with Crippen molar-refractivity contribution in [2.75, 3.05) is 26.9 Å². The van der Waals surface area contributed by atoms with E-state index in [4.69, 9.17) is 21.1 Å². The van der Waals surface area contributed by atoms with Gasteiger partial charge in [-0.1, -0.05) is 33.6 Å². The van der Waals surface area contributed by atoms with E-state index in [9.17, 15) is 0 Å². The summed E-state index contributed by atoms with van der Waals surface area (Å²) in [5.74, 6) is 0.518. The second-order valence-corrected chi connectivity index (χ2v) is 7.34. The SMILES string of the molecule is CNC(c1ccc(Br)cc1Cl)C1CCOC2(CCOC2)C1. The van der Waals surface area contributed by atoms with E-state index < -0.39 is 0 Å². The molecule has 1 spiro atoms. The third-order valence-electron chi connectivity index (χ3n) is 4.68. The van der Waals surface area contributed by atoms with Crippen molar-refractivity contribution < 1.29 is 9.47 Å². The van der Waals surface area contributed by atoms with Gasteiger partial charge in [-0.05, 0) is 43.5 Å². The number of halogens is 2. The Balaban J connectivity index is 1.82. The Labute approximate surface area is 139 Å². The van der Waals surface area contributed by atoms with Gasteiger partial charge < -0.3 is 14.8 Å². The standard InChI is InChI=1S/C16H21BrClNO2/c1-19-15(13-3-2-12(17)8-14(13)18)11-4-6-21-16(9-11)5-7-20-10-16/h2-3,8,11,15,19H,4-7,9-10H2,1H3. The van der Waals surface area contributed by atoms with Gasteiger partial charge in [-0.25, -0.2) is 0 Å². The molecule has 2 aliphatic heterocycles. The zero-order chi connectivity index (χ0) is 14.9. The van der Waals surface area contributed by atoms with Crippen LogP contribution in [0.15, 0.2) is 22.7 Å². The van der Waals surface area contributed by atoms with Crippen LogP contribution in [0.2, 0.25) is 5.02 Å². The van der Waals surface area contributed by atoms with Crippen LogP contribution < -0.4 is 5.32 Å². The molecule has 0 amide bonds. The maximum atomic E-state index is 6.45. The maximum Gasteiger partial charge on any atom is 0.0940 e. The normalized spacial score (nSPS) is 30.7. The summed E-state index contributed by atoms with van der Waals surface area (Å²) in [6, 6.07) is 6.39. The molecule has 3 unspecified atom stereocenters. The Kier molecular flexibility index (Phi) is 4.91. The quantitative estimate of drug-likeness (QED) is 0.869. The number of nitrogens with one attached hydrogen (secondary N) is 1. The molecule has 2 aliphatic rings. The largest absolute Gasteiger partial charge is 0.378 e. The van der Waals surface area contributed by atoms with E-state index in [-0.39, 0.29) is 11.6 Å². The van der Waals surface area contributed by atoms with Gasteiger partial charge in [-0.15, -0.1) is 0 Å². The molecule has 0 saturated carbocycles. The molecule has 1 N–H and O–H groups in total. The number of ether oxygens (including phenoxy) is 2. The van der Waals surface area contributed by atoms with Crippen LogP contribution in [0.3, 0.4) is 0 Å². The van der Waals surface area contributed by atoms with Crippen LogP contribution in [0.5, 0.6) is 0 Å². The molecule has 116 valence electrons. The van der Waals surface area contributed by atoms with Crippen molar-refractivity contribution in [1.29, 1.82) is 0 Å². The Morgan fingerprint density at radius 3 is 2.95 bits per heavy atom. The molecular formula is C16H21BrClNO2. The van der Waals surface area contributed by atoms with Crippen molar-refractivity contribution in [3.8, 4) is 0 Å². The van der Waals surface area contributed by atoms with Gasteiger partial charge in [-0.2, -0.15) is 0 Å². The summed E-state index contributed by atoms with van der Waals surface area (Å²) >= 11 is 9.92. The highest BCUT2D eigenvalue weighted by Crippen LogP contribution is 2.42. The van der Waals surface area contributed by atoms with Crippen molar-refractivity contribution in [1.82, 2.24) is 5.32 Å². The molecule has 0 radical (unpaired) electrons. The predicted octanol–water partition coefficient (Wildman–Crippen LogP) is 3.95. The Morgan fingerprint density at radius 2 is 2.29 bits per heavy atom. The molecule has 3 atom stereocenters. The average Bonchev–Trinajstić information content (AvgIpc) is 2.90. The second-order valence-electron chi connectivity index (χ2n) is 6.02. The van der Waals surface area contributed by atoms with E-state index in [2.05, 4.69) is 33.4 Å². The predicted molar refractivity (Wildman–Crippen MR) is 87.8 cm³/mol. The smallest absolute Gasteiger partial charge is 0.0940 e. The Morgan fingerprint density at radius 1 is 1.43 bits per heavy atom. The lowest BCUT2D eigenvalue weighted by Crippen LogP contribution is -2.43. The minimum absolute atomic E-state index is 0.0696. The first-order chi connectivity index (χ1) is 10.1. The summed E-state index contributed by atoms with van der Waals surface area (Å²) in [5.41, 5.74) is 1.10. The topological polar surface area (TPSA) is 30.5 Å². The monoisotopic (exact) mass is 373 g/mol. The molecule has 2 heterocycles. The zero-order valence-electron chi connectivity index (χ0n) is 12.2. The lowest BCUT2D eigenvalue weighted by molar-refractivity contribution is -0.103. The summed E-state index contributed by atoms with van der Waals surface area (Å²) in [4.78, 5) is 0. The summed E-state index contributed by atoms with van der Waals surface area (Å²) < 4.78 is 12.6. The Bertz CT molecular complexity index is 505. The van der Waals surface area contributed by atoms with Gasteiger partial charge in [-0.3, -0.25) is 0 Å². The minimum atomic E-state index is -0.0696. The van der Waals surface area contributed by atoms with E-state index in [1.807, 2.05) is 13.1 Å². The van der Waals surface area contributed by atoms with Crippen LogP contribution in [0, 0.1) is 5.92 Å². The molecule has 2 fully saturated rings. The molecule has 2 saturated heterocycles. The zero-order valence-corrected chi connectivity index (χ0v) is 14.5. The van der Waals surface area contributed by atoms with Crippen molar-refractivity contribution >= 4 is 27.5 Å². The summed E-state index contributed by atoms with van der Waals surface area (Å²) in [6.45, 7) is 2.35. The molecule has 21 heavy (non-hydrogen) atoms. The first kappa shape index (κ1) is 15.8. The van der Waals surface area contributed by atoms with Crippen LogP contribution in [0.1, 0.15) is 30.9 Å². The number of benzene rings is 1. The number of hydrogen-bond donors (Lipinski definition) is 1. The molecule has 0 aromatic heterocycles. The van der Waals surface area contributed by atoms with Gasteiger partial charge in [0.2, 0.25) is 0 Å². The van der Waals surface area contributed by atoms with Gasteiger partial charge in [0.25, 0.3) is 0 Å². The maximum absolute atomic E-state index is 6.45. The van der Waals surface area contributed by atoms with E-state index in [0.717, 1.165) is 48.6 Å². The lowest BCUT2D eigenvalue weighted by Gasteiger charge is -2.40. The highest BCUT2D eigenvalue weighted by atomic mass is 79.9. The van der Waals surface area contributed by atoms with E-state index in [1.165, 1.54) is 5.56 Å². The molecule has 0 aliphatic carbocycles. The third kappa shape index (κ3) is 3.30. The van der Waals surface area contributed by atoms with Crippen molar-refractivity contribution in [2.24, 2.45) is 5.92 Å². The fraction of sp³-hybridized carbons (Fsp3) is 0.625. The van der Waals surface area contributed by atoms with Gasteiger partial charge in [0.15, 0.2) is 0 Å². The molecular weight excluding hydrogens is 354 g/mol. The van der Waals surface area contributed by atoms with Gasteiger partial charge in [0.05, 0.1) is 12.2 Å². The highest BCUT2D eigenvalue weighted by Gasteiger charge is 2.43. The molecule has 1 aromatic rings. The molecule has 0 bridgehead atoms. The van der Waals surface area contributed by atoms with Crippen LogP contribution in [0.4, 0.5) is 0 Å². The van der Waals surface area contributed by atoms with Crippen LogP contribution in [-0.2, 0) is 9.47 Å². The lowest BCUT2D eigenvalue weighted by atomic mass is 9.79. The third-order valence-corrected chi connectivity index (χ3v) is 5.50. The van der Waals surface area contributed by atoms with Crippen LogP contribution in [-0.4, -0.2) is 32.5 Å². The molecule has 5 heteroatoms.